The summed E-state index contributed by atoms with van der Waals surface area (Å²) >= 11 is 0. The van der Waals surface area contributed by atoms with Crippen molar-refractivity contribution in [1.82, 2.24) is 4.72 Å². The van der Waals surface area contributed by atoms with Crippen LogP contribution in [-0.2, 0) is 25.1 Å². The normalized spacial score (nSPS) is 23.5. The molecular weight excluding hydrogens is 278 g/mol. The Balaban J connectivity index is 2.42. The van der Waals surface area contributed by atoms with E-state index in [9.17, 15) is 13.2 Å². The van der Waals surface area contributed by atoms with Crippen molar-refractivity contribution in [1.29, 1.82) is 0 Å². The maximum atomic E-state index is 12.4. The number of carbonyl (C=O) groups is 1. The average Bonchev–Trinajstić information content (AvgIpc) is 2.66. The largest absolute Gasteiger partial charge is 0.467 e. The molecule has 1 N–H and O–H groups in total. The predicted molar refractivity (Wildman–Crippen MR) is 73.6 cm³/mol. The SMILES string of the molecule is COC(=O)[C@]1(C)NS(=O)(=O)c2c1ccc1ccccc21. The van der Waals surface area contributed by atoms with Crippen molar-refractivity contribution in [3.8, 4) is 0 Å². The molecule has 6 heteroatoms. The third-order valence-electron chi connectivity index (χ3n) is 3.62. The van der Waals surface area contributed by atoms with Crippen molar-refractivity contribution < 1.29 is 17.9 Å². The molecule has 0 unspecified atom stereocenters. The van der Waals surface area contributed by atoms with Gasteiger partial charge < -0.3 is 4.74 Å². The van der Waals surface area contributed by atoms with Crippen molar-refractivity contribution in [3.63, 3.8) is 0 Å². The molecule has 0 saturated heterocycles. The number of ether oxygens (including phenoxy) is 1. The first-order valence-electron chi connectivity index (χ1n) is 6.05. The molecule has 0 radical (unpaired) electrons. The standard InChI is InChI=1S/C14H13NO4S/c1-14(13(16)19-2)11-8-7-9-5-3-4-6-10(9)12(11)20(17,18)15-14/h3-8,15H,1-2H3/t14-/m1/s1. The molecule has 104 valence electrons. The van der Waals surface area contributed by atoms with Gasteiger partial charge in [-0.05, 0) is 12.3 Å². The minimum atomic E-state index is -3.75. The number of rotatable bonds is 1. The lowest BCUT2D eigenvalue weighted by Gasteiger charge is -2.20. The van der Waals surface area contributed by atoms with E-state index < -0.39 is 21.5 Å². The zero-order chi connectivity index (χ0) is 14.5. The molecule has 0 bridgehead atoms. The van der Waals surface area contributed by atoms with Crippen molar-refractivity contribution in [2.24, 2.45) is 0 Å². The third-order valence-corrected chi connectivity index (χ3v) is 5.27. The molecule has 0 aliphatic carbocycles. The van der Waals surface area contributed by atoms with Gasteiger partial charge in [-0.15, -0.1) is 0 Å². The van der Waals surface area contributed by atoms with Gasteiger partial charge in [0.05, 0.1) is 12.0 Å². The Hall–Kier alpha value is -1.92. The molecule has 3 rings (SSSR count). The van der Waals surface area contributed by atoms with Gasteiger partial charge in [-0.25, -0.2) is 13.2 Å². The van der Waals surface area contributed by atoms with Crippen LogP contribution in [0.5, 0.6) is 0 Å². The van der Waals surface area contributed by atoms with Crippen molar-refractivity contribution in [2.45, 2.75) is 17.4 Å². The summed E-state index contributed by atoms with van der Waals surface area (Å²) in [5, 5.41) is 1.41. The van der Waals surface area contributed by atoms with Crippen LogP contribution < -0.4 is 4.72 Å². The number of benzene rings is 2. The summed E-state index contributed by atoms with van der Waals surface area (Å²) in [5.41, 5.74) is -0.963. The number of fused-ring (bicyclic) bond motifs is 3. The van der Waals surface area contributed by atoms with Crippen LogP contribution in [0.3, 0.4) is 0 Å². The summed E-state index contributed by atoms with van der Waals surface area (Å²) in [7, 11) is -2.51. The molecule has 0 saturated carbocycles. The first-order chi connectivity index (χ1) is 9.40. The fourth-order valence-electron chi connectivity index (χ4n) is 2.66. The lowest BCUT2D eigenvalue weighted by atomic mass is 9.91. The van der Waals surface area contributed by atoms with Gasteiger partial charge in [-0.3, -0.25) is 0 Å². The molecule has 1 aliphatic rings. The van der Waals surface area contributed by atoms with Gasteiger partial charge in [0, 0.05) is 10.9 Å². The van der Waals surface area contributed by atoms with E-state index in [0.717, 1.165) is 5.39 Å². The van der Waals surface area contributed by atoms with E-state index >= 15 is 0 Å². The molecule has 2 aromatic rings. The Labute approximate surface area is 116 Å². The third kappa shape index (κ3) is 1.58. The van der Waals surface area contributed by atoms with E-state index in [-0.39, 0.29) is 4.90 Å². The molecule has 0 spiro atoms. The lowest BCUT2D eigenvalue weighted by Crippen LogP contribution is -2.44. The van der Waals surface area contributed by atoms with E-state index in [1.165, 1.54) is 14.0 Å². The Kier molecular flexibility index (Phi) is 2.64. The predicted octanol–water partition coefficient (Wildman–Crippen LogP) is 1.52. The van der Waals surface area contributed by atoms with E-state index in [2.05, 4.69) is 4.72 Å². The summed E-state index contributed by atoms with van der Waals surface area (Å²) < 4.78 is 31.9. The number of hydrogen-bond acceptors (Lipinski definition) is 4. The van der Waals surface area contributed by atoms with Crippen molar-refractivity contribution >= 4 is 26.8 Å². The highest BCUT2D eigenvalue weighted by molar-refractivity contribution is 7.90. The number of carbonyl (C=O) groups excluding carboxylic acids is 1. The van der Waals surface area contributed by atoms with E-state index in [1.54, 1.807) is 24.3 Å². The number of nitrogens with one attached hydrogen (secondary N) is 1. The number of hydrogen-bond donors (Lipinski definition) is 1. The van der Waals surface area contributed by atoms with Crippen LogP contribution in [-0.4, -0.2) is 21.5 Å². The molecule has 20 heavy (non-hydrogen) atoms. The fraction of sp³-hybridized carbons (Fsp3) is 0.214. The minimum absolute atomic E-state index is 0.156. The van der Waals surface area contributed by atoms with E-state index in [0.29, 0.717) is 10.9 Å². The van der Waals surface area contributed by atoms with Crippen LogP contribution in [0.2, 0.25) is 0 Å². The van der Waals surface area contributed by atoms with Gasteiger partial charge in [0.1, 0.15) is 0 Å². The second kappa shape index (κ2) is 4.04. The van der Waals surface area contributed by atoms with Crippen molar-refractivity contribution in [2.75, 3.05) is 7.11 Å². The molecule has 5 nitrogen and oxygen atoms in total. The molecule has 1 aliphatic heterocycles. The molecule has 0 fully saturated rings. The maximum absolute atomic E-state index is 12.4. The first-order valence-corrected chi connectivity index (χ1v) is 7.53. The van der Waals surface area contributed by atoms with Crippen LogP contribution in [0.15, 0.2) is 41.3 Å². The van der Waals surface area contributed by atoms with Gasteiger partial charge in [0.25, 0.3) is 0 Å². The monoisotopic (exact) mass is 291 g/mol. The molecule has 2 aromatic carbocycles. The van der Waals surface area contributed by atoms with Crippen LogP contribution in [0.4, 0.5) is 0 Å². The fourth-order valence-corrected chi connectivity index (χ4v) is 4.53. The summed E-state index contributed by atoms with van der Waals surface area (Å²) in [5.74, 6) is -0.630. The summed E-state index contributed by atoms with van der Waals surface area (Å²) in [6.45, 7) is 1.51. The van der Waals surface area contributed by atoms with Gasteiger partial charge in [-0.2, -0.15) is 4.72 Å². The topological polar surface area (TPSA) is 72.5 Å². The highest BCUT2D eigenvalue weighted by Gasteiger charge is 2.50. The zero-order valence-corrected chi connectivity index (χ0v) is 11.8. The summed E-state index contributed by atoms with van der Waals surface area (Å²) in [4.78, 5) is 12.1. The maximum Gasteiger partial charge on any atom is 0.331 e. The quantitative estimate of drug-likeness (QED) is 0.809. The molecule has 0 amide bonds. The van der Waals surface area contributed by atoms with Gasteiger partial charge in [-0.1, -0.05) is 36.4 Å². The molecular formula is C14H13NO4S. The lowest BCUT2D eigenvalue weighted by molar-refractivity contribution is -0.147. The van der Waals surface area contributed by atoms with Crippen LogP contribution in [0, 0.1) is 0 Å². The van der Waals surface area contributed by atoms with Crippen LogP contribution >= 0.6 is 0 Å². The molecule has 1 atom stereocenters. The average molecular weight is 291 g/mol. The highest BCUT2D eigenvalue weighted by atomic mass is 32.2. The molecule has 0 aromatic heterocycles. The second-order valence-corrected chi connectivity index (χ2v) is 6.50. The van der Waals surface area contributed by atoms with Gasteiger partial charge >= 0.3 is 5.97 Å². The van der Waals surface area contributed by atoms with Gasteiger partial charge in [0.15, 0.2) is 5.54 Å². The van der Waals surface area contributed by atoms with Crippen LogP contribution in [0.1, 0.15) is 12.5 Å². The van der Waals surface area contributed by atoms with Gasteiger partial charge in [0.2, 0.25) is 10.0 Å². The van der Waals surface area contributed by atoms with E-state index in [4.69, 9.17) is 4.74 Å². The van der Waals surface area contributed by atoms with Crippen molar-refractivity contribution in [3.05, 3.63) is 42.0 Å². The number of methoxy groups -OCH3 is 1. The minimum Gasteiger partial charge on any atom is -0.467 e. The Morgan fingerprint density at radius 1 is 1.20 bits per heavy atom. The number of esters is 1. The Morgan fingerprint density at radius 3 is 2.60 bits per heavy atom. The molecule has 1 heterocycles. The Morgan fingerprint density at radius 2 is 1.90 bits per heavy atom. The summed E-state index contributed by atoms with van der Waals surface area (Å²) in [6.07, 6.45) is 0. The second-order valence-electron chi connectivity index (χ2n) is 4.89. The van der Waals surface area contributed by atoms with Crippen LogP contribution in [0.25, 0.3) is 10.8 Å². The summed E-state index contributed by atoms with van der Waals surface area (Å²) in [6, 6.07) is 10.6. The van der Waals surface area contributed by atoms with E-state index in [1.807, 2.05) is 12.1 Å². The highest BCUT2D eigenvalue weighted by Crippen LogP contribution is 2.40. The smallest absolute Gasteiger partial charge is 0.331 e. The Bertz CT molecular complexity index is 828. The zero-order valence-electron chi connectivity index (χ0n) is 11.0. The number of sulfonamides is 1. The first kappa shape index (κ1) is 13.1.